The van der Waals surface area contributed by atoms with Crippen molar-refractivity contribution in [3.8, 4) is 11.9 Å². The van der Waals surface area contributed by atoms with Crippen molar-refractivity contribution in [1.82, 2.24) is 25.2 Å². The summed E-state index contributed by atoms with van der Waals surface area (Å²) in [7, 11) is 1.35. The first-order valence-corrected chi connectivity index (χ1v) is 11.7. The first-order chi connectivity index (χ1) is 16.9. The molecule has 3 aromatic rings. The Balaban J connectivity index is 1.52. The van der Waals surface area contributed by atoms with E-state index in [0.29, 0.717) is 28.3 Å². The van der Waals surface area contributed by atoms with E-state index in [4.69, 9.17) is 5.26 Å². The van der Waals surface area contributed by atoms with Crippen LogP contribution in [0.15, 0.2) is 36.8 Å². The number of amides is 2. The lowest BCUT2D eigenvalue weighted by molar-refractivity contribution is 0.0923. The van der Waals surface area contributed by atoms with Gasteiger partial charge in [-0.15, -0.1) is 0 Å². The third-order valence-corrected chi connectivity index (χ3v) is 6.05. The van der Waals surface area contributed by atoms with Crippen LogP contribution in [-0.4, -0.2) is 51.8 Å². The number of ether oxygens (including phenoxy) is 1. The Morgan fingerprint density at radius 3 is 2.49 bits per heavy atom. The molecule has 0 aromatic carbocycles. The van der Waals surface area contributed by atoms with Gasteiger partial charge in [-0.25, -0.2) is 14.8 Å². The highest BCUT2D eigenvalue weighted by Gasteiger charge is 2.25. The van der Waals surface area contributed by atoms with E-state index < -0.39 is 6.09 Å². The van der Waals surface area contributed by atoms with E-state index in [2.05, 4.69) is 36.7 Å². The normalized spacial score (nSPS) is 17.6. The topological polar surface area (TPSA) is 134 Å². The molecule has 0 aliphatic heterocycles. The molecule has 0 radical (unpaired) electrons. The van der Waals surface area contributed by atoms with Gasteiger partial charge >= 0.3 is 6.09 Å². The molecule has 3 heterocycles. The number of nitrogens with zero attached hydrogens (tertiary/aromatic N) is 4. The molecule has 0 saturated heterocycles. The number of rotatable bonds is 6. The Morgan fingerprint density at radius 1 is 1.11 bits per heavy atom. The van der Waals surface area contributed by atoms with Crippen LogP contribution in [0.3, 0.4) is 0 Å². The van der Waals surface area contributed by atoms with Crippen LogP contribution in [0.4, 0.5) is 10.5 Å². The lowest BCUT2D eigenvalue weighted by atomic mass is 9.91. The summed E-state index contributed by atoms with van der Waals surface area (Å²) in [6.07, 6.45) is 7.61. The molecule has 0 atom stereocenters. The molecular formula is C25H29N7O3. The molecule has 1 aliphatic carbocycles. The van der Waals surface area contributed by atoms with Gasteiger partial charge < -0.3 is 20.7 Å². The molecule has 0 bridgehead atoms. The van der Waals surface area contributed by atoms with Gasteiger partial charge in [0.1, 0.15) is 17.5 Å². The summed E-state index contributed by atoms with van der Waals surface area (Å²) >= 11 is 0. The van der Waals surface area contributed by atoms with E-state index in [-0.39, 0.29) is 24.0 Å². The Hall–Kier alpha value is -4.13. The summed E-state index contributed by atoms with van der Waals surface area (Å²) in [4.78, 5) is 33.6. The zero-order valence-electron chi connectivity index (χ0n) is 20.0. The van der Waals surface area contributed by atoms with E-state index in [1.54, 1.807) is 12.3 Å². The van der Waals surface area contributed by atoms with Crippen molar-refractivity contribution in [2.45, 2.75) is 57.7 Å². The number of fused-ring (bicyclic) bond motifs is 1. The highest BCUT2D eigenvalue weighted by molar-refractivity contribution is 5.99. The molecule has 35 heavy (non-hydrogen) atoms. The van der Waals surface area contributed by atoms with Crippen molar-refractivity contribution in [3.05, 3.63) is 47.9 Å². The highest BCUT2D eigenvalue weighted by atomic mass is 16.5. The number of nitrogens with one attached hydrogen (secondary N) is 3. The van der Waals surface area contributed by atoms with E-state index in [1.165, 1.54) is 13.3 Å². The number of aromatic nitrogens is 3. The molecule has 10 heteroatoms. The maximum atomic E-state index is 13.2. The first kappa shape index (κ1) is 24.0. The maximum Gasteiger partial charge on any atom is 0.407 e. The lowest BCUT2D eigenvalue weighted by Crippen LogP contribution is -2.44. The standard InChI is InChI=1S/C25H29N7O3/c1-15(2)29-21-11-22(32-9-8-17-10-16(12-26)13-28-23(17)32)27-14-20(21)24(33)30-18-4-6-19(7-5-18)31-25(34)35-3/h8-11,13-15,18-19H,4-7H2,1-3H3,(H,27,29)(H,30,33)(H,31,34). The quantitative estimate of drug-likeness (QED) is 0.497. The zero-order valence-corrected chi connectivity index (χ0v) is 20.0. The molecule has 1 aliphatic rings. The molecule has 10 nitrogen and oxygen atoms in total. The Morgan fingerprint density at radius 2 is 1.83 bits per heavy atom. The average molecular weight is 476 g/mol. The van der Waals surface area contributed by atoms with Crippen LogP contribution in [-0.2, 0) is 4.74 Å². The summed E-state index contributed by atoms with van der Waals surface area (Å²) in [5.41, 5.74) is 2.32. The SMILES string of the molecule is COC(=O)NC1CCC(NC(=O)c2cnc(-n3ccc4cc(C#N)cnc43)cc2NC(C)C)CC1. The predicted octanol–water partition coefficient (Wildman–Crippen LogP) is 3.51. The molecular weight excluding hydrogens is 446 g/mol. The monoisotopic (exact) mass is 475 g/mol. The minimum Gasteiger partial charge on any atom is -0.453 e. The van der Waals surface area contributed by atoms with Crippen LogP contribution in [0.25, 0.3) is 16.9 Å². The average Bonchev–Trinajstić information content (AvgIpc) is 3.27. The Bertz CT molecular complexity index is 1270. The van der Waals surface area contributed by atoms with Crippen LogP contribution < -0.4 is 16.0 Å². The minimum atomic E-state index is -0.427. The molecule has 182 valence electrons. The van der Waals surface area contributed by atoms with Crippen molar-refractivity contribution < 1.29 is 14.3 Å². The third kappa shape index (κ3) is 5.51. The van der Waals surface area contributed by atoms with Gasteiger partial charge in [0.2, 0.25) is 0 Å². The number of carbonyl (C=O) groups excluding carboxylic acids is 2. The molecule has 4 rings (SSSR count). The number of nitriles is 1. The van der Waals surface area contributed by atoms with E-state index >= 15 is 0 Å². The summed E-state index contributed by atoms with van der Waals surface area (Å²) in [5.74, 6) is 0.428. The smallest absolute Gasteiger partial charge is 0.407 e. The van der Waals surface area contributed by atoms with Gasteiger partial charge in [0, 0.05) is 48.2 Å². The van der Waals surface area contributed by atoms with Gasteiger partial charge in [-0.1, -0.05) is 0 Å². The number of methoxy groups -OCH3 is 1. The van der Waals surface area contributed by atoms with Gasteiger partial charge in [-0.2, -0.15) is 5.26 Å². The molecule has 3 aromatic heterocycles. The van der Waals surface area contributed by atoms with E-state index in [1.807, 2.05) is 36.7 Å². The van der Waals surface area contributed by atoms with Gasteiger partial charge in [0.15, 0.2) is 0 Å². The highest BCUT2D eigenvalue weighted by Crippen LogP contribution is 2.25. The number of carbonyl (C=O) groups is 2. The third-order valence-electron chi connectivity index (χ3n) is 6.05. The van der Waals surface area contributed by atoms with Gasteiger partial charge in [0.25, 0.3) is 5.91 Å². The van der Waals surface area contributed by atoms with Crippen LogP contribution in [0, 0.1) is 11.3 Å². The van der Waals surface area contributed by atoms with Crippen molar-refractivity contribution in [1.29, 1.82) is 5.26 Å². The zero-order chi connectivity index (χ0) is 24.9. The second-order valence-corrected chi connectivity index (χ2v) is 8.98. The second-order valence-electron chi connectivity index (χ2n) is 8.98. The second kappa shape index (κ2) is 10.4. The first-order valence-electron chi connectivity index (χ1n) is 11.7. The Kier molecular flexibility index (Phi) is 7.15. The Labute approximate surface area is 203 Å². The van der Waals surface area contributed by atoms with Crippen molar-refractivity contribution in [2.75, 3.05) is 12.4 Å². The van der Waals surface area contributed by atoms with Gasteiger partial charge in [-0.3, -0.25) is 9.36 Å². The molecule has 1 fully saturated rings. The summed E-state index contributed by atoms with van der Waals surface area (Å²) in [6.45, 7) is 4.01. The molecule has 0 spiro atoms. The maximum absolute atomic E-state index is 13.2. The fourth-order valence-corrected chi connectivity index (χ4v) is 4.33. The van der Waals surface area contributed by atoms with E-state index in [9.17, 15) is 9.59 Å². The molecule has 2 amide bonds. The summed E-state index contributed by atoms with van der Waals surface area (Å²) < 4.78 is 6.50. The van der Waals surface area contributed by atoms with Crippen LogP contribution in [0.5, 0.6) is 0 Å². The molecule has 3 N–H and O–H groups in total. The van der Waals surface area contributed by atoms with Gasteiger partial charge in [0.05, 0.1) is 23.9 Å². The summed E-state index contributed by atoms with van der Waals surface area (Å²) in [6, 6.07) is 7.79. The van der Waals surface area contributed by atoms with E-state index in [0.717, 1.165) is 31.1 Å². The number of anilines is 1. The number of hydrogen-bond donors (Lipinski definition) is 3. The minimum absolute atomic E-state index is 0.0247. The number of hydrogen-bond acceptors (Lipinski definition) is 7. The van der Waals surface area contributed by atoms with Crippen molar-refractivity contribution in [2.24, 2.45) is 0 Å². The number of pyridine rings is 2. The summed E-state index contributed by atoms with van der Waals surface area (Å²) in [5, 5.41) is 19.3. The van der Waals surface area contributed by atoms with Gasteiger partial charge in [-0.05, 0) is 51.7 Å². The molecule has 0 unspecified atom stereocenters. The predicted molar refractivity (Wildman–Crippen MR) is 131 cm³/mol. The van der Waals surface area contributed by atoms with Crippen LogP contribution in [0.1, 0.15) is 55.5 Å². The van der Waals surface area contributed by atoms with Crippen molar-refractivity contribution in [3.63, 3.8) is 0 Å². The lowest BCUT2D eigenvalue weighted by Gasteiger charge is -2.29. The van der Waals surface area contributed by atoms with Crippen molar-refractivity contribution >= 4 is 28.7 Å². The number of alkyl carbamates (subject to hydrolysis) is 1. The van der Waals surface area contributed by atoms with Crippen LogP contribution >= 0.6 is 0 Å². The van der Waals surface area contributed by atoms with Crippen LogP contribution in [0.2, 0.25) is 0 Å². The molecule has 1 saturated carbocycles. The fraction of sp³-hybridized carbons (Fsp3) is 0.400. The largest absolute Gasteiger partial charge is 0.453 e. The fourth-order valence-electron chi connectivity index (χ4n) is 4.33.